The molecule has 0 aromatic carbocycles. The maximum absolute atomic E-state index is 4.53. The van der Waals surface area contributed by atoms with Crippen LogP contribution in [0.3, 0.4) is 0 Å². The monoisotopic (exact) mass is 249 g/mol. The molecule has 2 rings (SSSR count). The van der Waals surface area contributed by atoms with Crippen LogP contribution in [0.25, 0.3) is 4.96 Å². The fourth-order valence-corrected chi connectivity index (χ4v) is 2.40. The Labute approximate surface area is 106 Å². The van der Waals surface area contributed by atoms with Crippen molar-refractivity contribution in [3.63, 3.8) is 0 Å². The lowest BCUT2D eigenvalue weighted by atomic mass is 10.3. The molecule has 0 aliphatic carbocycles. The lowest BCUT2D eigenvalue weighted by Crippen LogP contribution is -2.14. The van der Waals surface area contributed by atoms with Gasteiger partial charge >= 0.3 is 0 Å². The van der Waals surface area contributed by atoms with E-state index in [-0.39, 0.29) is 0 Å². The topological polar surface area (TPSA) is 29.3 Å². The van der Waals surface area contributed by atoms with Crippen LogP contribution in [0.15, 0.2) is 29.9 Å². The molecule has 0 spiro atoms. The first-order chi connectivity index (χ1) is 8.40. The number of aromatic nitrogens is 2. The second-order valence-electron chi connectivity index (χ2n) is 4.04. The van der Waals surface area contributed by atoms with Crippen LogP contribution in [-0.2, 0) is 6.42 Å². The van der Waals surface area contributed by atoms with Gasteiger partial charge in [0, 0.05) is 24.2 Å². The largest absolute Gasteiger partial charge is 0.316 e. The summed E-state index contributed by atoms with van der Waals surface area (Å²) < 4.78 is 2.08. The van der Waals surface area contributed by atoms with Crippen molar-refractivity contribution in [3.05, 3.63) is 35.6 Å². The van der Waals surface area contributed by atoms with Gasteiger partial charge in [-0.3, -0.25) is 4.40 Å². The van der Waals surface area contributed by atoms with Crippen LogP contribution in [0.1, 0.15) is 25.5 Å². The van der Waals surface area contributed by atoms with Gasteiger partial charge < -0.3 is 5.32 Å². The third-order valence-electron chi connectivity index (χ3n) is 2.55. The average molecular weight is 249 g/mol. The minimum atomic E-state index is 0.933. The molecule has 17 heavy (non-hydrogen) atoms. The van der Waals surface area contributed by atoms with Crippen LogP contribution >= 0.6 is 11.3 Å². The number of rotatable bonds is 7. The molecule has 0 bridgehead atoms. The van der Waals surface area contributed by atoms with Gasteiger partial charge in [-0.2, -0.15) is 0 Å². The van der Waals surface area contributed by atoms with Crippen LogP contribution in [0.5, 0.6) is 0 Å². The Hall–Kier alpha value is -1.13. The Kier molecular flexibility index (Phi) is 4.76. The predicted octanol–water partition coefficient (Wildman–Crippen LogP) is 2.88. The summed E-state index contributed by atoms with van der Waals surface area (Å²) in [7, 11) is 0. The zero-order chi connectivity index (χ0) is 11.9. The summed E-state index contributed by atoms with van der Waals surface area (Å²) in [5, 5.41) is 5.44. The van der Waals surface area contributed by atoms with Gasteiger partial charge in [-0.15, -0.1) is 11.3 Å². The highest BCUT2D eigenvalue weighted by molar-refractivity contribution is 7.15. The summed E-state index contributed by atoms with van der Waals surface area (Å²) in [6.07, 6.45) is 11.8. The lowest BCUT2D eigenvalue weighted by Gasteiger charge is -1.97. The maximum Gasteiger partial charge on any atom is 0.193 e. The highest BCUT2D eigenvalue weighted by Crippen LogP contribution is 2.11. The Morgan fingerprint density at radius 3 is 3.18 bits per heavy atom. The Morgan fingerprint density at radius 2 is 2.35 bits per heavy atom. The number of nitrogens with zero attached hydrogens (tertiary/aromatic N) is 2. The van der Waals surface area contributed by atoms with Crippen LogP contribution in [0, 0.1) is 0 Å². The molecule has 0 amide bonds. The molecule has 2 heterocycles. The lowest BCUT2D eigenvalue weighted by molar-refractivity contribution is 0.678. The van der Waals surface area contributed by atoms with Crippen LogP contribution in [-0.4, -0.2) is 22.5 Å². The molecule has 92 valence electrons. The van der Waals surface area contributed by atoms with E-state index in [1.165, 1.54) is 6.42 Å². The molecule has 0 saturated carbocycles. The molecule has 3 nitrogen and oxygen atoms in total. The molecule has 4 heteroatoms. The quantitative estimate of drug-likeness (QED) is 0.604. The van der Waals surface area contributed by atoms with Crippen molar-refractivity contribution in [1.82, 2.24) is 14.7 Å². The number of imidazole rings is 1. The smallest absolute Gasteiger partial charge is 0.193 e. The molecule has 0 fully saturated rings. The Bertz CT molecular complexity index is 441. The van der Waals surface area contributed by atoms with Gasteiger partial charge in [-0.05, 0) is 25.9 Å². The molecular weight excluding hydrogens is 230 g/mol. The Balaban J connectivity index is 1.71. The second-order valence-corrected chi connectivity index (χ2v) is 4.91. The standard InChI is InChI=1S/C13H19N3S/c1-2-7-14-8-5-3-4-6-12-11-16-9-10-17-13(16)15-12/h3-4,9-11,14H,2,5-8H2,1H3/b4-3+. The molecule has 0 unspecified atom stereocenters. The van der Waals surface area contributed by atoms with E-state index in [0.29, 0.717) is 0 Å². The van der Waals surface area contributed by atoms with Crippen molar-refractivity contribution in [2.24, 2.45) is 0 Å². The molecule has 0 radical (unpaired) electrons. The van der Waals surface area contributed by atoms with Crippen molar-refractivity contribution < 1.29 is 0 Å². The second kappa shape index (κ2) is 6.57. The third kappa shape index (κ3) is 3.68. The first kappa shape index (κ1) is 12.3. The van der Waals surface area contributed by atoms with E-state index < -0.39 is 0 Å². The average Bonchev–Trinajstić information content (AvgIpc) is 2.88. The molecule has 0 saturated heterocycles. The summed E-state index contributed by atoms with van der Waals surface area (Å²) in [6, 6.07) is 0. The normalized spacial score (nSPS) is 11.8. The minimum absolute atomic E-state index is 0.933. The van der Waals surface area contributed by atoms with Gasteiger partial charge in [-0.1, -0.05) is 19.1 Å². The highest BCUT2D eigenvalue weighted by atomic mass is 32.1. The van der Waals surface area contributed by atoms with Crippen LogP contribution in [0.4, 0.5) is 0 Å². The van der Waals surface area contributed by atoms with Crippen molar-refractivity contribution in [2.75, 3.05) is 13.1 Å². The molecule has 2 aromatic heterocycles. The maximum atomic E-state index is 4.53. The molecule has 0 aliphatic rings. The summed E-state index contributed by atoms with van der Waals surface area (Å²) in [6.45, 7) is 4.38. The van der Waals surface area contributed by atoms with E-state index in [4.69, 9.17) is 0 Å². The number of hydrogen-bond donors (Lipinski definition) is 1. The molecule has 2 aromatic rings. The van der Waals surface area contributed by atoms with E-state index in [9.17, 15) is 0 Å². The van der Waals surface area contributed by atoms with Crippen molar-refractivity contribution >= 4 is 16.3 Å². The van der Waals surface area contributed by atoms with E-state index in [1.54, 1.807) is 11.3 Å². The van der Waals surface area contributed by atoms with Crippen LogP contribution in [0.2, 0.25) is 0 Å². The van der Waals surface area contributed by atoms with Gasteiger partial charge in [0.1, 0.15) is 0 Å². The summed E-state index contributed by atoms with van der Waals surface area (Å²) >= 11 is 1.68. The fraction of sp³-hybridized carbons (Fsp3) is 0.462. The highest BCUT2D eigenvalue weighted by Gasteiger charge is 1.99. The van der Waals surface area contributed by atoms with Gasteiger partial charge in [-0.25, -0.2) is 4.98 Å². The molecule has 1 N–H and O–H groups in total. The number of thiazole rings is 1. The first-order valence-electron chi connectivity index (χ1n) is 6.17. The third-order valence-corrected chi connectivity index (χ3v) is 3.32. The number of hydrogen-bond acceptors (Lipinski definition) is 3. The van der Waals surface area contributed by atoms with Gasteiger partial charge in [0.15, 0.2) is 4.96 Å². The van der Waals surface area contributed by atoms with Crippen molar-refractivity contribution in [2.45, 2.75) is 26.2 Å². The van der Waals surface area contributed by atoms with E-state index in [0.717, 1.165) is 36.6 Å². The van der Waals surface area contributed by atoms with Crippen molar-refractivity contribution in [3.8, 4) is 0 Å². The van der Waals surface area contributed by atoms with Crippen LogP contribution < -0.4 is 5.32 Å². The van der Waals surface area contributed by atoms with Crippen molar-refractivity contribution in [1.29, 1.82) is 0 Å². The van der Waals surface area contributed by atoms with E-state index >= 15 is 0 Å². The number of allylic oxidation sites excluding steroid dienone is 1. The summed E-state index contributed by atoms with van der Waals surface area (Å²) in [4.78, 5) is 5.62. The summed E-state index contributed by atoms with van der Waals surface area (Å²) in [5.41, 5.74) is 1.15. The zero-order valence-corrected chi connectivity index (χ0v) is 11.0. The first-order valence-corrected chi connectivity index (χ1v) is 7.05. The van der Waals surface area contributed by atoms with Gasteiger partial charge in [0.2, 0.25) is 0 Å². The fourth-order valence-electron chi connectivity index (χ4n) is 1.68. The van der Waals surface area contributed by atoms with Gasteiger partial charge in [0.25, 0.3) is 0 Å². The number of nitrogens with one attached hydrogen (secondary N) is 1. The summed E-state index contributed by atoms with van der Waals surface area (Å²) in [5.74, 6) is 0. The molecule has 0 aliphatic heterocycles. The Morgan fingerprint density at radius 1 is 1.41 bits per heavy atom. The minimum Gasteiger partial charge on any atom is -0.316 e. The van der Waals surface area contributed by atoms with Gasteiger partial charge in [0.05, 0.1) is 5.69 Å². The molecule has 0 atom stereocenters. The van der Waals surface area contributed by atoms with E-state index in [1.807, 2.05) is 0 Å². The SMILES string of the molecule is CCCNCC/C=C/Cc1cn2ccsc2n1. The van der Waals surface area contributed by atoms with E-state index in [2.05, 4.69) is 51.6 Å². The predicted molar refractivity (Wildman–Crippen MR) is 73.7 cm³/mol. The zero-order valence-electron chi connectivity index (χ0n) is 10.2. The number of fused-ring (bicyclic) bond motifs is 1. The molecular formula is C13H19N3S.